The molecule has 1 atom stereocenters. The van der Waals surface area contributed by atoms with Crippen LogP contribution in [0.25, 0.3) is 11.4 Å². The molecular formula is C18H16Cl2N4OS. The molecule has 1 aromatic heterocycles. The lowest BCUT2D eigenvalue weighted by Gasteiger charge is -2.12. The fraction of sp³-hybridized carbons (Fsp3) is 0.167. The van der Waals surface area contributed by atoms with Crippen molar-refractivity contribution in [2.45, 2.75) is 17.3 Å². The van der Waals surface area contributed by atoms with Crippen LogP contribution in [-0.4, -0.2) is 25.9 Å². The predicted octanol–water partition coefficient (Wildman–Crippen LogP) is 4.91. The van der Waals surface area contributed by atoms with Gasteiger partial charge in [-0.15, -0.1) is 10.2 Å². The fourth-order valence-corrected chi connectivity index (χ4v) is 3.42. The molecule has 26 heavy (non-hydrogen) atoms. The number of aromatic nitrogens is 3. The van der Waals surface area contributed by atoms with E-state index < -0.39 is 0 Å². The first-order chi connectivity index (χ1) is 12.4. The highest BCUT2D eigenvalue weighted by Gasteiger charge is 2.19. The molecule has 1 N–H and O–H groups in total. The van der Waals surface area contributed by atoms with E-state index in [0.29, 0.717) is 26.7 Å². The fourth-order valence-electron chi connectivity index (χ4n) is 2.29. The lowest BCUT2D eigenvalue weighted by Crippen LogP contribution is -2.22. The number of anilines is 1. The van der Waals surface area contributed by atoms with Crippen molar-refractivity contribution in [2.75, 3.05) is 5.32 Å². The van der Waals surface area contributed by atoms with Gasteiger partial charge in [0.2, 0.25) is 5.91 Å². The van der Waals surface area contributed by atoms with E-state index in [2.05, 4.69) is 15.5 Å². The van der Waals surface area contributed by atoms with Crippen LogP contribution in [0.5, 0.6) is 0 Å². The molecule has 0 unspecified atom stereocenters. The molecule has 0 fully saturated rings. The Morgan fingerprint density at radius 3 is 2.54 bits per heavy atom. The minimum Gasteiger partial charge on any atom is -0.325 e. The van der Waals surface area contributed by atoms with Crippen molar-refractivity contribution in [2.24, 2.45) is 7.05 Å². The predicted molar refractivity (Wildman–Crippen MR) is 107 cm³/mol. The first-order valence-corrected chi connectivity index (χ1v) is 9.46. The number of halogens is 2. The van der Waals surface area contributed by atoms with Crippen LogP contribution in [-0.2, 0) is 11.8 Å². The highest BCUT2D eigenvalue weighted by atomic mass is 35.5. The second-order valence-electron chi connectivity index (χ2n) is 5.63. The molecule has 1 amide bonds. The number of thioether (sulfide) groups is 1. The molecule has 0 saturated heterocycles. The van der Waals surface area contributed by atoms with Gasteiger partial charge in [-0.2, -0.15) is 0 Å². The Balaban J connectivity index is 1.70. The molecule has 3 rings (SSSR count). The summed E-state index contributed by atoms with van der Waals surface area (Å²) in [5.74, 6) is 0.583. The van der Waals surface area contributed by atoms with Crippen molar-refractivity contribution in [1.29, 1.82) is 0 Å². The summed E-state index contributed by atoms with van der Waals surface area (Å²) in [5, 5.41) is 12.8. The van der Waals surface area contributed by atoms with Gasteiger partial charge in [0.05, 0.1) is 5.25 Å². The zero-order valence-electron chi connectivity index (χ0n) is 14.1. The van der Waals surface area contributed by atoms with Crippen LogP contribution in [0.3, 0.4) is 0 Å². The maximum atomic E-state index is 12.4. The van der Waals surface area contributed by atoms with E-state index in [-0.39, 0.29) is 11.2 Å². The molecule has 0 radical (unpaired) electrons. The molecule has 0 saturated carbocycles. The zero-order valence-corrected chi connectivity index (χ0v) is 16.4. The first-order valence-electron chi connectivity index (χ1n) is 7.82. The van der Waals surface area contributed by atoms with Gasteiger partial charge in [0, 0.05) is 28.3 Å². The number of carbonyl (C=O) groups is 1. The van der Waals surface area contributed by atoms with Crippen LogP contribution in [0, 0.1) is 0 Å². The molecule has 1 heterocycles. The van der Waals surface area contributed by atoms with E-state index in [0.717, 1.165) is 5.56 Å². The number of nitrogens with zero attached hydrogens (tertiary/aromatic N) is 3. The second kappa shape index (κ2) is 8.12. The van der Waals surface area contributed by atoms with Crippen molar-refractivity contribution in [3.63, 3.8) is 0 Å². The van der Waals surface area contributed by atoms with E-state index in [1.165, 1.54) is 11.8 Å². The Hall–Kier alpha value is -2.02. The standard InChI is InChI=1S/C18H16Cl2N4OS/c1-11(17(25)21-15-5-3-4-14(20)10-15)26-18-23-22-16(24(18)2)12-6-8-13(19)9-7-12/h3-11H,1-2H3,(H,21,25)/t11-/m0/s1. The lowest BCUT2D eigenvalue weighted by molar-refractivity contribution is -0.115. The number of amides is 1. The third-order valence-electron chi connectivity index (χ3n) is 3.68. The average Bonchev–Trinajstić information content (AvgIpc) is 2.96. The van der Waals surface area contributed by atoms with Crippen molar-refractivity contribution in [3.05, 3.63) is 58.6 Å². The Morgan fingerprint density at radius 1 is 1.12 bits per heavy atom. The minimum atomic E-state index is -0.352. The van der Waals surface area contributed by atoms with Crippen molar-refractivity contribution in [1.82, 2.24) is 14.8 Å². The van der Waals surface area contributed by atoms with Crippen molar-refractivity contribution < 1.29 is 4.79 Å². The number of hydrogen-bond donors (Lipinski definition) is 1. The molecule has 3 aromatic rings. The number of nitrogens with one attached hydrogen (secondary N) is 1. The summed E-state index contributed by atoms with van der Waals surface area (Å²) in [6.45, 7) is 1.82. The molecule has 5 nitrogen and oxygen atoms in total. The van der Waals surface area contributed by atoms with E-state index in [1.54, 1.807) is 36.4 Å². The minimum absolute atomic E-state index is 0.131. The van der Waals surface area contributed by atoms with Crippen LogP contribution < -0.4 is 5.32 Å². The van der Waals surface area contributed by atoms with Crippen LogP contribution in [0.4, 0.5) is 5.69 Å². The largest absolute Gasteiger partial charge is 0.325 e. The lowest BCUT2D eigenvalue weighted by atomic mass is 10.2. The summed E-state index contributed by atoms with van der Waals surface area (Å²) in [4.78, 5) is 12.4. The summed E-state index contributed by atoms with van der Waals surface area (Å²) >= 11 is 13.2. The van der Waals surface area contributed by atoms with Gasteiger partial charge in [-0.25, -0.2) is 0 Å². The first kappa shape index (κ1) is 18.8. The summed E-state index contributed by atoms with van der Waals surface area (Å²) < 4.78 is 1.86. The van der Waals surface area contributed by atoms with Gasteiger partial charge in [0.15, 0.2) is 11.0 Å². The monoisotopic (exact) mass is 406 g/mol. The van der Waals surface area contributed by atoms with Gasteiger partial charge in [0.1, 0.15) is 0 Å². The number of hydrogen-bond acceptors (Lipinski definition) is 4. The van der Waals surface area contributed by atoms with Gasteiger partial charge < -0.3 is 9.88 Å². The molecule has 0 aliphatic rings. The van der Waals surface area contributed by atoms with Gasteiger partial charge in [-0.1, -0.05) is 41.0 Å². The Kier molecular flexibility index (Phi) is 5.86. The quantitative estimate of drug-likeness (QED) is 0.611. The average molecular weight is 407 g/mol. The summed E-state index contributed by atoms with van der Waals surface area (Å²) in [5.41, 5.74) is 1.57. The summed E-state index contributed by atoms with van der Waals surface area (Å²) in [7, 11) is 1.87. The van der Waals surface area contributed by atoms with E-state index in [1.807, 2.05) is 30.7 Å². The zero-order chi connectivity index (χ0) is 18.7. The maximum absolute atomic E-state index is 12.4. The molecular weight excluding hydrogens is 391 g/mol. The van der Waals surface area contributed by atoms with Crippen LogP contribution in [0.15, 0.2) is 53.7 Å². The van der Waals surface area contributed by atoms with Crippen LogP contribution in [0.2, 0.25) is 10.0 Å². The Labute approximate surface area is 165 Å². The smallest absolute Gasteiger partial charge is 0.237 e. The van der Waals surface area contributed by atoms with Crippen molar-refractivity contribution in [3.8, 4) is 11.4 Å². The topological polar surface area (TPSA) is 59.8 Å². The molecule has 0 aliphatic carbocycles. The van der Waals surface area contributed by atoms with E-state index in [9.17, 15) is 4.79 Å². The van der Waals surface area contributed by atoms with Gasteiger partial charge in [-0.3, -0.25) is 4.79 Å². The SMILES string of the molecule is C[C@H](Sc1nnc(-c2ccc(Cl)cc2)n1C)C(=O)Nc1cccc(Cl)c1. The number of rotatable bonds is 5. The molecule has 2 aromatic carbocycles. The highest BCUT2D eigenvalue weighted by Crippen LogP contribution is 2.27. The van der Waals surface area contributed by atoms with E-state index >= 15 is 0 Å². The summed E-state index contributed by atoms with van der Waals surface area (Å²) in [6.07, 6.45) is 0. The maximum Gasteiger partial charge on any atom is 0.237 e. The van der Waals surface area contributed by atoms with Gasteiger partial charge in [-0.05, 0) is 49.4 Å². The molecule has 0 bridgehead atoms. The summed E-state index contributed by atoms with van der Waals surface area (Å²) in [6, 6.07) is 14.4. The van der Waals surface area contributed by atoms with E-state index in [4.69, 9.17) is 23.2 Å². The number of benzene rings is 2. The van der Waals surface area contributed by atoms with Gasteiger partial charge in [0.25, 0.3) is 0 Å². The van der Waals surface area contributed by atoms with Crippen LogP contribution in [0.1, 0.15) is 6.92 Å². The normalized spacial score (nSPS) is 12.0. The number of carbonyl (C=O) groups excluding carboxylic acids is 1. The molecule has 0 spiro atoms. The third kappa shape index (κ3) is 4.38. The van der Waals surface area contributed by atoms with Gasteiger partial charge >= 0.3 is 0 Å². The Bertz CT molecular complexity index is 927. The molecule has 0 aliphatic heterocycles. The Morgan fingerprint density at radius 2 is 1.85 bits per heavy atom. The molecule has 8 heteroatoms. The third-order valence-corrected chi connectivity index (χ3v) is 5.30. The van der Waals surface area contributed by atoms with Crippen LogP contribution >= 0.6 is 35.0 Å². The highest BCUT2D eigenvalue weighted by molar-refractivity contribution is 8.00. The second-order valence-corrected chi connectivity index (χ2v) is 7.81. The van der Waals surface area contributed by atoms with Crippen molar-refractivity contribution >= 4 is 46.6 Å². The molecule has 134 valence electrons.